The molecule has 0 fully saturated rings. The van der Waals surface area contributed by atoms with Crippen LogP contribution < -0.4 is 5.56 Å². The van der Waals surface area contributed by atoms with Gasteiger partial charge in [0.2, 0.25) is 0 Å². The molecule has 6 heteroatoms. The summed E-state index contributed by atoms with van der Waals surface area (Å²) in [4.78, 5) is 24.0. The van der Waals surface area contributed by atoms with Crippen LogP contribution in [0.3, 0.4) is 0 Å². The third-order valence-corrected chi connectivity index (χ3v) is 5.51. The van der Waals surface area contributed by atoms with E-state index in [0.717, 1.165) is 46.3 Å². The van der Waals surface area contributed by atoms with Crippen molar-refractivity contribution in [2.75, 3.05) is 25.4 Å². The first-order valence-corrected chi connectivity index (χ1v) is 8.72. The largest absolute Gasteiger partial charge is 0.303 e. The van der Waals surface area contributed by atoms with E-state index in [9.17, 15) is 4.79 Å². The molecule has 110 valence electrons. The van der Waals surface area contributed by atoms with Crippen molar-refractivity contribution in [1.82, 2.24) is 14.9 Å². The van der Waals surface area contributed by atoms with Gasteiger partial charge in [-0.15, -0.1) is 11.3 Å². The van der Waals surface area contributed by atoms with E-state index in [0.29, 0.717) is 0 Å². The van der Waals surface area contributed by atoms with Crippen LogP contribution in [0.2, 0.25) is 0 Å². The quantitative estimate of drug-likeness (QED) is 0.658. The van der Waals surface area contributed by atoms with Crippen LogP contribution in [-0.4, -0.2) is 40.3 Å². The van der Waals surface area contributed by atoms with Gasteiger partial charge in [-0.25, -0.2) is 4.98 Å². The Hall–Kier alpha value is -0.850. The van der Waals surface area contributed by atoms with E-state index < -0.39 is 0 Å². The van der Waals surface area contributed by atoms with Gasteiger partial charge in [-0.2, -0.15) is 0 Å². The van der Waals surface area contributed by atoms with Gasteiger partial charge >= 0.3 is 0 Å². The van der Waals surface area contributed by atoms with Crippen molar-refractivity contribution in [2.24, 2.45) is 0 Å². The lowest BCUT2D eigenvalue weighted by Gasteiger charge is -2.16. The van der Waals surface area contributed by atoms with E-state index in [1.54, 1.807) is 23.1 Å². The summed E-state index contributed by atoms with van der Waals surface area (Å²) in [6, 6.07) is 0. The molecule has 0 saturated heterocycles. The number of rotatable bonds is 6. The van der Waals surface area contributed by atoms with Crippen LogP contribution in [0.5, 0.6) is 0 Å². The van der Waals surface area contributed by atoms with Crippen LogP contribution in [0, 0.1) is 13.8 Å². The Morgan fingerprint density at radius 1 is 1.30 bits per heavy atom. The maximum atomic E-state index is 12.1. The Morgan fingerprint density at radius 2 is 2.00 bits per heavy atom. The van der Waals surface area contributed by atoms with Gasteiger partial charge in [0.25, 0.3) is 5.56 Å². The van der Waals surface area contributed by atoms with Gasteiger partial charge in [0, 0.05) is 17.2 Å². The van der Waals surface area contributed by atoms with Crippen molar-refractivity contribution in [3.05, 3.63) is 20.8 Å². The number of aryl methyl sites for hydroxylation is 2. The highest BCUT2D eigenvalue weighted by atomic mass is 32.2. The first kappa shape index (κ1) is 15.5. The molecule has 0 saturated carbocycles. The van der Waals surface area contributed by atoms with Crippen LogP contribution in [0.15, 0.2) is 9.95 Å². The number of aromatic amines is 1. The molecule has 2 heterocycles. The number of aromatic nitrogens is 2. The number of fused-ring (bicyclic) bond motifs is 1. The van der Waals surface area contributed by atoms with E-state index in [1.165, 1.54) is 4.88 Å². The number of thiophene rings is 1. The fraction of sp³-hybridized carbons (Fsp3) is 0.571. The van der Waals surface area contributed by atoms with E-state index >= 15 is 0 Å². The average Bonchev–Trinajstić information content (AvgIpc) is 2.70. The smallest absolute Gasteiger partial charge is 0.260 e. The molecular weight excluding hydrogens is 290 g/mol. The van der Waals surface area contributed by atoms with Crippen LogP contribution in [0.1, 0.15) is 24.3 Å². The molecule has 0 radical (unpaired) electrons. The van der Waals surface area contributed by atoms with E-state index in [-0.39, 0.29) is 5.56 Å². The Kier molecular flexibility index (Phi) is 5.23. The molecule has 2 aromatic heterocycles. The van der Waals surface area contributed by atoms with Crippen molar-refractivity contribution in [1.29, 1.82) is 0 Å². The first-order valence-electron chi connectivity index (χ1n) is 6.92. The second kappa shape index (κ2) is 6.74. The molecule has 0 spiro atoms. The molecule has 4 nitrogen and oxygen atoms in total. The van der Waals surface area contributed by atoms with Gasteiger partial charge in [0.05, 0.1) is 5.39 Å². The van der Waals surface area contributed by atoms with Crippen molar-refractivity contribution < 1.29 is 0 Å². The van der Waals surface area contributed by atoms with Gasteiger partial charge < -0.3 is 9.88 Å². The van der Waals surface area contributed by atoms with Crippen LogP contribution in [0.25, 0.3) is 10.2 Å². The van der Waals surface area contributed by atoms with E-state index in [4.69, 9.17) is 0 Å². The first-order chi connectivity index (χ1) is 9.56. The number of hydrogen-bond acceptors (Lipinski definition) is 5. The summed E-state index contributed by atoms with van der Waals surface area (Å²) in [5.74, 6) is 0.944. The zero-order chi connectivity index (χ0) is 14.7. The Morgan fingerprint density at radius 3 is 2.65 bits per heavy atom. The van der Waals surface area contributed by atoms with Crippen LogP contribution in [-0.2, 0) is 0 Å². The average molecular weight is 311 g/mol. The maximum absolute atomic E-state index is 12.1. The predicted octanol–water partition coefficient (Wildman–Crippen LogP) is 3.04. The number of H-pyrrole nitrogens is 1. The van der Waals surface area contributed by atoms with Gasteiger partial charge in [-0.05, 0) is 32.5 Å². The van der Waals surface area contributed by atoms with Gasteiger partial charge in [-0.1, -0.05) is 25.6 Å². The zero-order valence-corrected chi connectivity index (χ0v) is 14.1. The Balaban J connectivity index is 2.14. The third-order valence-electron chi connectivity index (χ3n) is 3.56. The molecule has 0 unspecified atom stereocenters. The third kappa shape index (κ3) is 3.24. The Bertz CT molecular complexity index is 644. The fourth-order valence-electron chi connectivity index (χ4n) is 2.11. The molecule has 0 amide bonds. The fourth-order valence-corrected chi connectivity index (χ4v) is 4.07. The molecule has 0 aliphatic rings. The lowest BCUT2D eigenvalue weighted by atomic mass is 10.2. The molecule has 2 aromatic rings. The summed E-state index contributed by atoms with van der Waals surface area (Å²) >= 11 is 3.22. The summed E-state index contributed by atoms with van der Waals surface area (Å²) in [5.41, 5.74) is 1.04. The Labute approximate surface area is 127 Å². The summed E-state index contributed by atoms with van der Waals surface area (Å²) in [6.45, 7) is 11.5. The minimum absolute atomic E-state index is 0.0119. The van der Waals surface area contributed by atoms with E-state index in [2.05, 4.69) is 28.7 Å². The normalized spacial score (nSPS) is 11.7. The number of nitrogens with zero attached hydrogens (tertiary/aromatic N) is 2. The number of hydrogen-bond donors (Lipinski definition) is 1. The molecule has 0 bridgehead atoms. The minimum Gasteiger partial charge on any atom is -0.303 e. The van der Waals surface area contributed by atoms with Gasteiger partial charge in [-0.3, -0.25) is 4.79 Å². The minimum atomic E-state index is -0.0119. The summed E-state index contributed by atoms with van der Waals surface area (Å²) in [5, 5.41) is 1.48. The van der Waals surface area contributed by atoms with Crippen molar-refractivity contribution in [3.63, 3.8) is 0 Å². The summed E-state index contributed by atoms with van der Waals surface area (Å²) < 4.78 is 0. The highest BCUT2D eigenvalue weighted by Gasteiger charge is 2.12. The van der Waals surface area contributed by atoms with Crippen molar-refractivity contribution in [3.8, 4) is 0 Å². The predicted molar refractivity (Wildman–Crippen MR) is 88.2 cm³/mol. The molecule has 1 N–H and O–H groups in total. The molecule has 0 aliphatic carbocycles. The molecule has 0 aliphatic heterocycles. The monoisotopic (exact) mass is 311 g/mol. The summed E-state index contributed by atoms with van der Waals surface area (Å²) in [7, 11) is 0. The number of nitrogens with one attached hydrogen (secondary N) is 1. The standard InChI is InChI=1S/C14H21N3OS2/c1-5-17(6-2)7-8-19-14-15-12(18)11-9(3)10(4)20-13(11)16-14/h5-8H2,1-4H3,(H,15,16,18). The van der Waals surface area contributed by atoms with Crippen LogP contribution >= 0.6 is 23.1 Å². The molecule has 0 atom stereocenters. The topological polar surface area (TPSA) is 49.0 Å². The van der Waals surface area contributed by atoms with Crippen molar-refractivity contribution >= 4 is 33.3 Å². The second-order valence-electron chi connectivity index (χ2n) is 4.71. The summed E-state index contributed by atoms with van der Waals surface area (Å²) in [6.07, 6.45) is 0. The van der Waals surface area contributed by atoms with Gasteiger partial charge in [0.15, 0.2) is 5.16 Å². The van der Waals surface area contributed by atoms with Crippen LogP contribution in [0.4, 0.5) is 0 Å². The van der Waals surface area contributed by atoms with Crippen molar-refractivity contribution in [2.45, 2.75) is 32.9 Å². The molecule has 20 heavy (non-hydrogen) atoms. The SMILES string of the molecule is CCN(CC)CCSc1nc2sc(C)c(C)c2c(=O)[nH]1. The maximum Gasteiger partial charge on any atom is 0.260 e. The molecule has 2 rings (SSSR count). The zero-order valence-electron chi connectivity index (χ0n) is 12.4. The highest BCUT2D eigenvalue weighted by molar-refractivity contribution is 7.99. The lowest BCUT2D eigenvalue weighted by molar-refractivity contribution is 0.324. The second-order valence-corrected chi connectivity index (χ2v) is 7.00. The van der Waals surface area contributed by atoms with Gasteiger partial charge in [0.1, 0.15) is 4.83 Å². The number of thioether (sulfide) groups is 1. The highest BCUT2D eigenvalue weighted by Crippen LogP contribution is 2.27. The molecular formula is C14H21N3OS2. The lowest BCUT2D eigenvalue weighted by Crippen LogP contribution is -2.25. The van der Waals surface area contributed by atoms with E-state index in [1.807, 2.05) is 13.8 Å². The molecule has 0 aromatic carbocycles.